The molecule has 1 aliphatic heterocycles. The van der Waals surface area contributed by atoms with E-state index in [2.05, 4.69) is 9.97 Å². The molecule has 1 N–H and O–H groups in total. The minimum absolute atomic E-state index is 0.0104. The molecule has 3 rings (SSSR count). The lowest BCUT2D eigenvalue weighted by Gasteiger charge is -2.26. The Balaban J connectivity index is 1.73. The van der Waals surface area contributed by atoms with Crippen molar-refractivity contribution >= 4 is 17.5 Å². The summed E-state index contributed by atoms with van der Waals surface area (Å²) in [5, 5.41) is 10.7. The highest BCUT2D eigenvalue weighted by atomic mass is 35.5. The Labute approximate surface area is 139 Å². The summed E-state index contributed by atoms with van der Waals surface area (Å²) in [6.45, 7) is 0.658. The van der Waals surface area contributed by atoms with Gasteiger partial charge in [-0.05, 0) is 24.8 Å². The van der Waals surface area contributed by atoms with Gasteiger partial charge in [-0.1, -0.05) is 41.9 Å². The molecule has 0 aliphatic carbocycles. The maximum Gasteiger partial charge on any atom is 0.274 e. The van der Waals surface area contributed by atoms with Crippen LogP contribution in [0.1, 0.15) is 41.4 Å². The summed E-state index contributed by atoms with van der Waals surface area (Å²) < 4.78 is 0. The summed E-state index contributed by atoms with van der Waals surface area (Å²) >= 11 is 6.02. The standard InChI is InChI=1S/C17H18ClN3O2/c18-14-10-19-11-20-16(14)17(23)21-8-4-7-13(21)9-15(22)12-5-2-1-3-6-12/h1-3,5-6,10-11,13,15,22H,4,7-9H2. The molecule has 0 bridgehead atoms. The van der Waals surface area contributed by atoms with Gasteiger partial charge in [0.1, 0.15) is 12.0 Å². The fraction of sp³-hybridized carbons (Fsp3) is 0.353. The number of rotatable bonds is 4. The van der Waals surface area contributed by atoms with E-state index in [9.17, 15) is 9.90 Å². The molecule has 1 amide bonds. The third kappa shape index (κ3) is 3.51. The van der Waals surface area contributed by atoms with E-state index in [0.717, 1.165) is 18.4 Å². The smallest absolute Gasteiger partial charge is 0.274 e. The maximum absolute atomic E-state index is 12.7. The number of benzene rings is 1. The lowest BCUT2D eigenvalue weighted by molar-refractivity contribution is 0.0661. The van der Waals surface area contributed by atoms with E-state index in [0.29, 0.717) is 13.0 Å². The van der Waals surface area contributed by atoms with E-state index >= 15 is 0 Å². The normalized spacial score (nSPS) is 18.9. The second-order valence-electron chi connectivity index (χ2n) is 5.68. The molecule has 1 fully saturated rings. The SMILES string of the molecule is O=C(c1ncncc1Cl)N1CCCC1CC(O)c1ccccc1. The molecule has 0 spiro atoms. The van der Waals surface area contributed by atoms with Gasteiger partial charge in [0.05, 0.1) is 11.1 Å². The third-order valence-electron chi connectivity index (χ3n) is 4.19. The molecule has 0 saturated carbocycles. The predicted molar refractivity (Wildman–Crippen MR) is 87.1 cm³/mol. The van der Waals surface area contributed by atoms with Crippen LogP contribution in [0.5, 0.6) is 0 Å². The molecule has 2 unspecified atom stereocenters. The van der Waals surface area contributed by atoms with Crippen LogP contribution < -0.4 is 0 Å². The highest BCUT2D eigenvalue weighted by molar-refractivity contribution is 6.33. The summed E-state index contributed by atoms with van der Waals surface area (Å²) in [7, 11) is 0. The lowest BCUT2D eigenvalue weighted by atomic mass is 10.0. The number of carbonyl (C=O) groups is 1. The Morgan fingerprint density at radius 2 is 2.17 bits per heavy atom. The van der Waals surface area contributed by atoms with Gasteiger partial charge in [0.2, 0.25) is 0 Å². The predicted octanol–water partition coefficient (Wildman–Crippen LogP) is 2.86. The number of amides is 1. The van der Waals surface area contributed by atoms with Crippen molar-refractivity contribution in [1.29, 1.82) is 0 Å². The first-order valence-corrected chi connectivity index (χ1v) is 8.04. The molecule has 1 aliphatic rings. The lowest BCUT2D eigenvalue weighted by Crippen LogP contribution is -2.37. The number of carbonyl (C=O) groups excluding carboxylic acids is 1. The molecule has 6 heteroatoms. The average Bonchev–Trinajstić information content (AvgIpc) is 3.03. The van der Waals surface area contributed by atoms with Crippen LogP contribution in [-0.4, -0.2) is 38.5 Å². The molecule has 2 heterocycles. The van der Waals surface area contributed by atoms with E-state index in [4.69, 9.17) is 11.6 Å². The Hall–Kier alpha value is -1.98. The van der Waals surface area contributed by atoms with Gasteiger partial charge < -0.3 is 10.0 Å². The Morgan fingerprint density at radius 3 is 2.91 bits per heavy atom. The molecule has 120 valence electrons. The first-order chi connectivity index (χ1) is 11.2. The number of aromatic nitrogens is 2. The Kier molecular flexibility index (Phi) is 4.88. The van der Waals surface area contributed by atoms with E-state index in [1.807, 2.05) is 30.3 Å². The molecular formula is C17H18ClN3O2. The number of likely N-dealkylation sites (tertiary alicyclic amines) is 1. The van der Waals surface area contributed by atoms with Gasteiger partial charge in [-0.3, -0.25) is 4.79 Å². The number of aliphatic hydroxyl groups excluding tert-OH is 1. The van der Waals surface area contributed by atoms with Gasteiger partial charge in [0, 0.05) is 18.8 Å². The van der Waals surface area contributed by atoms with Crippen molar-refractivity contribution in [1.82, 2.24) is 14.9 Å². The average molecular weight is 332 g/mol. The first kappa shape index (κ1) is 15.9. The zero-order valence-corrected chi connectivity index (χ0v) is 13.4. The molecule has 1 saturated heterocycles. The van der Waals surface area contributed by atoms with E-state index in [1.165, 1.54) is 12.5 Å². The fourth-order valence-corrected chi connectivity index (χ4v) is 3.21. The first-order valence-electron chi connectivity index (χ1n) is 7.66. The largest absolute Gasteiger partial charge is 0.388 e. The summed E-state index contributed by atoms with van der Waals surface area (Å²) in [6.07, 6.45) is 4.46. The summed E-state index contributed by atoms with van der Waals surface area (Å²) in [4.78, 5) is 22.2. The van der Waals surface area contributed by atoms with Crippen LogP contribution in [-0.2, 0) is 0 Å². The molecular weight excluding hydrogens is 314 g/mol. The van der Waals surface area contributed by atoms with Crippen molar-refractivity contribution in [2.24, 2.45) is 0 Å². The second kappa shape index (κ2) is 7.06. The molecule has 1 aromatic carbocycles. The third-order valence-corrected chi connectivity index (χ3v) is 4.46. The van der Waals surface area contributed by atoms with Crippen LogP contribution in [0.15, 0.2) is 42.9 Å². The van der Waals surface area contributed by atoms with Gasteiger partial charge in [-0.2, -0.15) is 0 Å². The van der Waals surface area contributed by atoms with Crippen molar-refractivity contribution in [3.05, 3.63) is 59.1 Å². The van der Waals surface area contributed by atoms with Crippen LogP contribution >= 0.6 is 11.6 Å². The zero-order valence-electron chi connectivity index (χ0n) is 12.6. The van der Waals surface area contributed by atoms with Crippen LogP contribution in [0.25, 0.3) is 0 Å². The minimum atomic E-state index is -0.588. The monoisotopic (exact) mass is 331 g/mol. The van der Waals surface area contributed by atoms with Crippen LogP contribution in [0.2, 0.25) is 5.02 Å². The minimum Gasteiger partial charge on any atom is -0.388 e. The molecule has 5 nitrogen and oxygen atoms in total. The van der Waals surface area contributed by atoms with Crippen LogP contribution in [0.3, 0.4) is 0 Å². The van der Waals surface area contributed by atoms with Crippen molar-refractivity contribution in [3.8, 4) is 0 Å². The van der Waals surface area contributed by atoms with E-state index in [-0.39, 0.29) is 22.7 Å². The number of hydrogen-bond donors (Lipinski definition) is 1. The number of nitrogens with zero attached hydrogens (tertiary/aromatic N) is 3. The van der Waals surface area contributed by atoms with Gasteiger partial charge >= 0.3 is 0 Å². The van der Waals surface area contributed by atoms with Gasteiger partial charge in [-0.15, -0.1) is 0 Å². The van der Waals surface area contributed by atoms with Crippen molar-refractivity contribution in [2.45, 2.75) is 31.4 Å². The molecule has 1 aromatic heterocycles. The highest BCUT2D eigenvalue weighted by Crippen LogP contribution is 2.29. The Bertz CT molecular complexity index is 681. The number of hydrogen-bond acceptors (Lipinski definition) is 4. The molecule has 2 atom stereocenters. The molecule has 2 aromatic rings. The number of halogens is 1. The van der Waals surface area contributed by atoms with E-state index in [1.54, 1.807) is 4.90 Å². The zero-order chi connectivity index (χ0) is 16.2. The van der Waals surface area contributed by atoms with Crippen molar-refractivity contribution in [3.63, 3.8) is 0 Å². The second-order valence-corrected chi connectivity index (χ2v) is 6.08. The van der Waals surface area contributed by atoms with Crippen molar-refractivity contribution < 1.29 is 9.90 Å². The number of aliphatic hydroxyl groups is 1. The maximum atomic E-state index is 12.7. The quantitative estimate of drug-likeness (QED) is 0.935. The van der Waals surface area contributed by atoms with Crippen LogP contribution in [0, 0.1) is 0 Å². The molecule has 0 radical (unpaired) electrons. The molecule has 23 heavy (non-hydrogen) atoms. The summed E-state index contributed by atoms with van der Waals surface area (Å²) in [5.74, 6) is -0.194. The van der Waals surface area contributed by atoms with Crippen molar-refractivity contribution in [2.75, 3.05) is 6.54 Å². The van der Waals surface area contributed by atoms with E-state index < -0.39 is 6.10 Å². The van der Waals surface area contributed by atoms with Crippen LogP contribution in [0.4, 0.5) is 0 Å². The van der Waals surface area contributed by atoms with Gasteiger partial charge in [0.15, 0.2) is 0 Å². The highest BCUT2D eigenvalue weighted by Gasteiger charge is 2.32. The summed E-state index contributed by atoms with van der Waals surface area (Å²) in [5.41, 5.74) is 1.09. The van der Waals surface area contributed by atoms with Gasteiger partial charge in [0.25, 0.3) is 5.91 Å². The van der Waals surface area contributed by atoms with Gasteiger partial charge in [-0.25, -0.2) is 9.97 Å². The fourth-order valence-electron chi connectivity index (χ4n) is 3.02. The summed E-state index contributed by atoms with van der Waals surface area (Å²) in [6, 6.07) is 9.50. The topological polar surface area (TPSA) is 66.3 Å². The Morgan fingerprint density at radius 1 is 1.39 bits per heavy atom.